The molecule has 0 aromatic heterocycles. The van der Waals surface area contributed by atoms with Gasteiger partial charge < -0.3 is 0 Å². The molecule has 1 atom stereocenters. The van der Waals surface area contributed by atoms with Crippen LogP contribution < -0.4 is 0 Å². The second-order valence-corrected chi connectivity index (χ2v) is 5.44. The summed E-state index contributed by atoms with van der Waals surface area (Å²) in [4.78, 5) is 12.3. The first-order valence-corrected chi connectivity index (χ1v) is 7.61. The van der Waals surface area contributed by atoms with Gasteiger partial charge in [0.15, 0.2) is 5.78 Å². The first kappa shape index (κ1) is 14.0. The Labute approximate surface area is 116 Å². The quantitative estimate of drug-likeness (QED) is 0.519. The molecule has 0 N–H and O–H groups in total. The Hall–Kier alpha value is -1.37. The molecule has 1 aromatic carbocycles. The van der Waals surface area contributed by atoms with Crippen LogP contribution in [0.3, 0.4) is 0 Å². The largest absolute Gasteiger partial charge is 0.294 e. The van der Waals surface area contributed by atoms with Gasteiger partial charge in [0.25, 0.3) is 0 Å². The van der Waals surface area contributed by atoms with Crippen molar-refractivity contribution in [3.05, 3.63) is 47.5 Å². The lowest BCUT2D eigenvalue weighted by Gasteiger charge is -2.20. The van der Waals surface area contributed by atoms with Crippen LogP contribution in [0.1, 0.15) is 61.4 Å². The summed E-state index contributed by atoms with van der Waals surface area (Å²) in [6.45, 7) is 2.23. The Kier molecular flexibility index (Phi) is 5.38. The van der Waals surface area contributed by atoms with E-state index in [1.807, 2.05) is 18.2 Å². The number of fused-ring (bicyclic) bond motifs is 1. The number of ketones is 1. The predicted molar refractivity (Wildman–Crippen MR) is 80.5 cm³/mol. The van der Waals surface area contributed by atoms with E-state index in [2.05, 4.69) is 25.1 Å². The lowest BCUT2D eigenvalue weighted by Crippen LogP contribution is -2.20. The first-order valence-electron chi connectivity index (χ1n) is 7.61. The Morgan fingerprint density at radius 2 is 2.05 bits per heavy atom. The number of Topliss-reactive ketones (excluding diaryl/α,β-unsaturated/α-hetero) is 1. The lowest BCUT2D eigenvalue weighted by molar-refractivity contribution is 0.0930. The molecule has 2 rings (SSSR count). The molecule has 0 heterocycles. The van der Waals surface area contributed by atoms with E-state index in [9.17, 15) is 4.79 Å². The van der Waals surface area contributed by atoms with E-state index in [0.717, 1.165) is 24.8 Å². The highest BCUT2D eigenvalue weighted by molar-refractivity contribution is 6.01. The van der Waals surface area contributed by atoms with E-state index < -0.39 is 0 Å². The molecule has 0 amide bonds. The molecule has 0 bridgehead atoms. The number of allylic oxidation sites excluding steroid dienone is 2. The maximum absolute atomic E-state index is 12.3. The van der Waals surface area contributed by atoms with Crippen molar-refractivity contribution in [2.45, 2.75) is 51.9 Å². The zero-order valence-electron chi connectivity index (χ0n) is 11.9. The number of aryl methyl sites for hydroxylation is 1. The Balaban J connectivity index is 1.86. The molecule has 0 aliphatic heterocycles. The van der Waals surface area contributed by atoms with E-state index in [0.29, 0.717) is 5.78 Å². The average molecular weight is 256 g/mol. The van der Waals surface area contributed by atoms with Crippen LogP contribution in [0.5, 0.6) is 0 Å². The van der Waals surface area contributed by atoms with E-state index >= 15 is 0 Å². The summed E-state index contributed by atoms with van der Waals surface area (Å²) in [7, 11) is 0. The summed E-state index contributed by atoms with van der Waals surface area (Å²) in [5.41, 5.74) is 2.16. The van der Waals surface area contributed by atoms with Crippen LogP contribution in [0.15, 0.2) is 36.4 Å². The third-order valence-corrected chi connectivity index (χ3v) is 3.94. The highest BCUT2D eigenvalue weighted by Gasteiger charge is 2.24. The summed E-state index contributed by atoms with van der Waals surface area (Å²) >= 11 is 0. The van der Waals surface area contributed by atoms with Gasteiger partial charge >= 0.3 is 0 Å². The molecule has 0 saturated heterocycles. The average Bonchev–Trinajstić information content (AvgIpc) is 2.45. The molecule has 0 spiro atoms. The normalized spacial score (nSPS) is 18.8. The molecule has 1 nitrogen and oxygen atoms in total. The van der Waals surface area contributed by atoms with Crippen LogP contribution in [-0.4, -0.2) is 5.78 Å². The topological polar surface area (TPSA) is 17.1 Å². The Morgan fingerprint density at radius 1 is 1.21 bits per heavy atom. The number of benzene rings is 1. The fraction of sp³-hybridized carbons (Fsp3) is 0.500. The second-order valence-electron chi connectivity index (χ2n) is 5.44. The van der Waals surface area contributed by atoms with E-state index in [1.165, 1.54) is 31.2 Å². The van der Waals surface area contributed by atoms with E-state index in [-0.39, 0.29) is 5.92 Å². The number of rotatable bonds is 6. The van der Waals surface area contributed by atoms with Crippen molar-refractivity contribution in [3.63, 3.8) is 0 Å². The smallest absolute Gasteiger partial charge is 0.169 e. The monoisotopic (exact) mass is 256 g/mol. The minimum atomic E-state index is 0.112. The number of carbonyl (C=O) groups is 1. The number of carbonyl (C=O) groups excluding carboxylic acids is 1. The van der Waals surface area contributed by atoms with Gasteiger partial charge in [0.05, 0.1) is 0 Å². The molecule has 1 aromatic rings. The van der Waals surface area contributed by atoms with Crippen molar-refractivity contribution in [3.8, 4) is 0 Å². The molecule has 102 valence electrons. The predicted octanol–water partition coefficient (Wildman–Crippen LogP) is 4.96. The Morgan fingerprint density at radius 3 is 2.89 bits per heavy atom. The van der Waals surface area contributed by atoms with Crippen LogP contribution in [-0.2, 0) is 6.42 Å². The third kappa shape index (κ3) is 3.79. The van der Waals surface area contributed by atoms with Gasteiger partial charge in [-0.15, -0.1) is 0 Å². The molecule has 19 heavy (non-hydrogen) atoms. The summed E-state index contributed by atoms with van der Waals surface area (Å²) < 4.78 is 0. The standard InChI is InChI=1S/C18H24O/c1-2-3-4-5-6-7-11-16-14-13-15-10-8-9-12-17(15)18(16)19/h7-12,16H,2-6,13-14H2,1H3/b11-7+. The van der Waals surface area contributed by atoms with Gasteiger partial charge in [0, 0.05) is 11.5 Å². The van der Waals surface area contributed by atoms with Crippen molar-refractivity contribution in [2.24, 2.45) is 5.92 Å². The third-order valence-electron chi connectivity index (χ3n) is 3.94. The highest BCUT2D eigenvalue weighted by Crippen LogP contribution is 2.26. The number of unbranched alkanes of at least 4 members (excludes halogenated alkanes) is 4. The van der Waals surface area contributed by atoms with Crippen molar-refractivity contribution >= 4 is 5.78 Å². The van der Waals surface area contributed by atoms with E-state index in [4.69, 9.17) is 0 Å². The van der Waals surface area contributed by atoms with Gasteiger partial charge in [-0.25, -0.2) is 0 Å². The fourth-order valence-electron chi connectivity index (χ4n) is 2.75. The summed E-state index contributed by atoms with van der Waals surface area (Å²) in [6.07, 6.45) is 12.6. The Bertz CT molecular complexity index is 445. The second kappa shape index (κ2) is 7.28. The van der Waals surface area contributed by atoms with Crippen LogP contribution in [0, 0.1) is 5.92 Å². The zero-order chi connectivity index (χ0) is 13.5. The molecule has 1 aliphatic carbocycles. The molecule has 0 radical (unpaired) electrons. The van der Waals surface area contributed by atoms with Crippen LogP contribution in [0.4, 0.5) is 0 Å². The van der Waals surface area contributed by atoms with Crippen LogP contribution in [0.2, 0.25) is 0 Å². The molecule has 0 fully saturated rings. The molecule has 1 aliphatic rings. The minimum Gasteiger partial charge on any atom is -0.294 e. The van der Waals surface area contributed by atoms with E-state index in [1.54, 1.807) is 0 Å². The maximum atomic E-state index is 12.3. The molecule has 1 heteroatoms. The van der Waals surface area contributed by atoms with Crippen LogP contribution >= 0.6 is 0 Å². The van der Waals surface area contributed by atoms with Gasteiger partial charge in [-0.2, -0.15) is 0 Å². The summed E-state index contributed by atoms with van der Waals surface area (Å²) in [5, 5.41) is 0. The van der Waals surface area contributed by atoms with Crippen molar-refractivity contribution in [1.29, 1.82) is 0 Å². The molecule has 0 saturated carbocycles. The SMILES string of the molecule is CCCCCC/C=C/C1CCc2ccccc2C1=O. The summed E-state index contributed by atoms with van der Waals surface area (Å²) in [6, 6.07) is 8.04. The fourth-order valence-corrected chi connectivity index (χ4v) is 2.75. The molecular weight excluding hydrogens is 232 g/mol. The van der Waals surface area contributed by atoms with Crippen molar-refractivity contribution < 1.29 is 4.79 Å². The van der Waals surface area contributed by atoms with Gasteiger partial charge in [-0.05, 0) is 31.2 Å². The molecule has 1 unspecified atom stereocenters. The van der Waals surface area contributed by atoms with Gasteiger partial charge in [0.1, 0.15) is 0 Å². The lowest BCUT2D eigenvalue weighted by atomic mass is 9.82. The number of hydrogen-bond acceptors (Lipinski definition) is 1. The number of hydrogen-bond donors (Lipinski definition) is 0. The first-order chi connectivity index (χ1) is 9.33. The van der Waals surface area contributed by atoms with Crippen molar-refractivity contribution in [1.82, 2.24) is 0 Å². The van der Waals surface area contributed by atoms with Gasteiger partial charge in [0.2, 0.25) is 0 Å². The highest BCUT2D eigenvalue weighted by atomic mass is 16.1. The van der Waals surface area contributed by atoms with Crippen LogP contribution in [0.25, 0.3) is 0 Å². The zero-order valence-corrected chi connectivity index (χ0v) is 11.9. The minimum absolute atomic E-state index is 0.112. The van der Waals surface area contributed by atoms with Crippen molar-refractivity contribution in [2.75, 3.05) is 0 Å². The van der Waals surface area contributed by atoms with Gasteiger partial charge in [-0.3, -0.25) is 4.79 Å². The van der Waals surface area contributed by atoms with Gasteiger partial charge in [-0.1, -0.05) is 62.6 Å². The molecular formula is C18H24O. The summed E-state index contributed by atoms with van der Waals surface area (Å²) in [5.74, 6) is 0.424. The maximum Gasteiger partial charge on any atom is 0.169 e.